The van der Waals surface area contributed by atoms with E-state index in [-0.39, 0.29) is 0 Å². The van der Waals surface area contributed by atoms with E-state index in [1.807, 2.05) is 0 Å². The van der Waals surface area contributed by atoms with Crippen LogP contribution in [-0.2, 0) is 19.3 Å². The number of ether oxygens (including phenoxy) is 1. The first-order valence-electron chi connectivity index (χ1n) is 3.67. The van der Waals surface area contributed by atoms with Crippen molar-refractivity contribution in [2.24, 2.45) is 0 Å². The van der Waals surface area contributed by atoms with Gasteiger partial charge in [0.15, 0.2) is 0 Å². The van der Waals surface area contributed by atoms with Crippen LogP contribution in [0.3, 0.4) is 0 Å². The molecule has 0 saturated heterocycles. The minimum Gasteiger partial charge on any atom is -0.726 e. The molecule has 1 atom stereocenters. The third-order valence-electron chi connectivity index (χ3n) is 1.02. The van der Waals surface area contributed by atoms with Crippen molar-refractivity contribution in [3.05, 3.63) is 0 Å². The first kappa shape index (κ1) is 15.3. The topological polar surface area (TPSA) is 103 Å². The van der Waals surface area contributed by atoms with Gasteiger partial charge in [-0.1, -0.05) is 0 Å². The minimum absolute atomic E-state index is 0.528. The van der Waals surface area contributed by atoms with Crippen LogP contribution in [0.25, 0.3) is 0 Å². The molecule has 6 nitrogen and oxygen atoms in total. The van der Waals surface area contributed by atoms with Gasteiger partial charge in [-0.2, -0.15) is 0 Å². The highest BCUT2D eigenvalue weighted by Gasteiger charge is 1.92. The normalized spacial score (nSPS) is 13.0. The molecule has 7 heteroatoms. The van der Waals surface area contributed by atoms with Gasteiger partial charge < -0.3 is 15.0 Å². The van der Waals surface area contributed by atoms with Crippen LogP contribution in [-0.4, -0.2) is 39.8 Å². The van der Waals surface area contributed by atoms with Crippen LogP contribution >= 0.6 is 0 Å². The molecule has 0 aromatic carbocycles. The van der Waals surface area contributed by atoms with Crippen molar-refractivity contribution >= 4 is 10.4 Å². The van der Waals surface area contributed by atoms with E-state index >= 15 is 0 Å². The molecule has 3 N–H and O–H groups in total. The molecule has 0 aliphatic rings. The van der Waals surface area contributed by atoms with Gasteiger partial charge in [0.05, 0.1) is 19.8 Å². The van der Waals surface area contributed by atoms with Gasteiger partial charge >= 0.3 is 0 Å². The Balaban J connectivity index is 0. The average molecular weight is 215 g/mol. The molecule has 1 unspecified atom stereocenters. The fourth-order valence-electron chi connectivity index (χ4n) is 0.319. The molecular weight excluding hydrogens is 198 g/mol. The number of hydrogen-bond donors (Lipinski definition) is 1. The lowest BCUT2D eigenvalue weighted by Gasteiger charge is -1.98. The van der Waals surface area contributed by atoms with Crippen molar-refractivity contribution in [2.75, 3.05) is 20.8 Å². The molecule has 0 fully saturated rings. The summed E-state index contributed by atoms with van der Waals surface area (Å²) in [5, 5.41) is 0. The lowest BCUT2D eigenvalue weighted by Crippen LogP contribution is -2.59. The van der Waals surface area contributed by atoms with Crippen molar-refractivity contribution in [2.45, 2.75) is 19.4 Å². The standard InChI is InChI=1S/C5H13NO.CH4O4S/c1-5(6)3-4-7-2;1-5-6(2,3)4/h5H,3-4,6H2,1-2H3;1H3,(H,2,3,4). The maximum atomic E-state index is 9.22. The van der Waals surface area contributed by atoms with Crippen molar-refractivity contribution in [3.63, 3.8) is 0 Å². The van der Waals surface area contributed by atoms with E-state index in [1.54, 1.807) is 7.11 Å². The van der Waals surface area contributed by atoms with Gasteiger partial charge in [0.25, 0.3) is 0 Å². The third kappa shape index (κ3) is 24.5. The molecule has 0 aliphatic carbocycles. The number of hydrogen-bond acceptors (Lipinski definition) is 5. The Bertz CT molecular complexity index is 189. The van der Waals surface area contributed by atoms with Gasteiger partial charge in [-0.3, -0.25) is 4.18 Å². The highest BCUT2D eigenvalue weighted by atomic mass is 32.3. The first-order chi connectivity index (χ1) is 5.83. The molecule has 0 aromatic rings. The van der Waals surface area contributed by atoms with E-state index in [4.69, 9.17) is 4.74 Å². The highest BCUT2D eigenvalue weighted by molar-refractivity contribution is 7.80. The van der Waals surface area contributed by atoms with E-state index < -0.39 is 10.4 Å². The summed E-state index contributed by atoms with van der Waals surface area (Å²) in [5.74, 6) is 0. The third-order valence-corrected chi connectivity index (χ3v) is 1.43. The largest absolute Gasteiger partial charge is 0.726 e. The molecule has 13 heavy (non-hydrogen) atoms. The van der Waals surface area contributed by atoms with E-state index in [0.29, 0.717) is 6.04 Å². The maximum absolute atomic E-state index is 9.22. The molecule has 0 spiro atoms. The number of rotatable bonds is 4. The Kier molecular flexibility index (Phi) is 9.86. The zero-order valence-electron chi connectivity index (χ0n) is 8.15. The van der Waals surface area contributed by atoms with E-state index in [2.05, 4.69) is 16.8 Å². The smallest absolute Gasteiger partial charge is 0.217 e. The first-order valence-corrected chi connectivity index (χ1v) is 5.00. The highest BCUT2D eigenvalue weighted by Crippen LogP contribution is 1.81. The molecule has 0 bridgehead atoms. The summed E-state index contributed by atoms with van der Waals surface area (Å²) in [4.78, 5) is 0. The molecular formula is C6H17NO5S. The fraction of sp³-hybridized carbons (Fsp3) is 1.00. The molecule has 0 amide bonds. The van der Waals surface area contributed by atoms with Gasteiger partial charge in [-0.05, 0) is 6.92 Å². The molecule has 0 heterocycles. The second-order valence-electron chi connectivity index (χ2n) is 2.46. The molecule has 82 valence electrons. The van der Waals surface area contributed by atoms with Crippen LogP contribution in [0.4, 0.5) is 0 Å². The summed E-state index contributed by atoms with van der Waals surface area (Å²) in [6, 6.07) is 0.528. The zero-order chi connectivity index (χ0) is 10.9. The summed E-state index contributed by atoms with van der Waals surface area (Å²) < 4.78 is 35.8. The molecule has 0 rings (SSSR count). The Morgan fingerprint density at radius 1 is 1.46 bits per heavy atom. The second-order valence-corrected chi connectivity index (χ2v) is 3.61. The zero-order valence-corrected chi connectivity index (χ0v) is 8.96. The monoisotopic (exact) mass is 215 g/mol. The van der Waals surface area contributed by atoms with Crippen molar-refractivity contribution in [1.29, 1.82) is 0 Å². The van der Waals surface area contributed by atoms with Crippen LogP contribution in [0, 0.1) is 0 Å². The Hall–Kier alpha value is -0.210. The Labute approximate surface area is 79.0 Å². The second kappa shape index (κ2) is 8.39. The van der Waals surface area contributed by atoms with Crippen molar-refractivity contribution in [3.8, 4) is 0 Å². The Morgan fingerprint density at radius 3 is 1.92 bits per heavy atom. The van der Waals surface area contributed by atoms with Crippen LogP contribution in [0.2, 0.25) is 0 Å². The van der Waals surface area contributed by atoms with Crippen molar-refractivity contribution in [1.82, 2.24) is 0 Å². The van der Waals surface area contributed by atoms with Gasteiger partial charge in [-0.15, -0.1) is 0 Å². The van der Waals surface area contributed by atoms with Gasteiger partial charge in [0, 0.05) is 13.5 Å². The fourth-order valence-corrected chi connectivity index (χ4v) is 0.319. The van der Waals surface area contributed by atoms with Crippen LogP contribution in [0.5, 0.6) is 0 Å². The predicted molar refractivity (Wildman–Crippen MR) is 45.5 cm³/mol. The maximum Gasteiger partial charge on any atom is 0.217 e. The summed E-state index contributed by atoms with van der Waals surface area (Å²) in [6.45, 7) is 2.92. The SMILES string of the molecule is COCCC(C)[NH3+].COS(=O)(=O)[O-]. The Morgan fingerprint density at radius 2 is 1.85 bits per heavy atom. The molecule has 0 radical (unpaired) electrons. The minimum atomic E-state index is -4.41. The van der Waals surface area contributed by atoms with E-state index in [9.17, 15) is 13.0 Å². The van der Waals surface area contributed by atoms with Crippen LogP contribution in [0.1, 0.15) is 13.3 Å². The summed E-state index contributed by atoms with van der Waals surface area (Å²) in [6.07, 6.45) is 1.07. The van der Waals surface area contributed by atoms with Crippen LogP contribution in [0.15, 0.2) is 0 Å². The quantitative estimate of drug-likeness (QED) is 0.466. The number of methoxy groups -OCH3 is 1. The molecule has 0 aromatic heterocycles. The summed E-state index contributed by atoms with van der Waals surface area (Å²) in [7, 11) is -1.89. The lowest BCUT2D eigenvalue weighted by molar-refractivity contribution is -0.416. The van der Waals surface area contributed by atoms with Gasteiger partial charge in [0.2, 0.25) is 10.4 Å². The van der Waals surface area contributed by atoms with E-state index in [1.165, 1.54) is 0 Å². The summed E-state index contributed by atoms with van der Waals surface area (Å²) >= 11 is 0. The van der Waals surface area contributed by atoms with Gasteiger partial charge in [0.1, 0.15) is 0 Å². The van der Waals surface area contributed by atoms with E-state index in [0.717, 1.165) is 20.1 Å². The van der Waals surface area contributed by atoms with Crippen molar-refractivity contribution < 1.29 is 27.6 Å². The lowest BCUT2D eigenvalue weighted by atomic mass is 10.3. The summed E-state index contributed by atoms with van der Waals surface area (Å²) in [5.41, 5.74) is 3.80. The number of quaternary nitrogens is 1. The average Bonchev–Trinajstić information content (AvgIpc) is 2.01. The molecule has 0 saturated carbocycles. The van der Waals surface area contributed by atoms with Gasteiger partial charge in [-0.25, -0.2) is 8.42 Å². The predicted octanol–water partition coefficient (Wildman–Crippen LogP) is -1.25. The van der Waals surface area contributed by atoms with Crippen LogP contribution < -0.4 is 5.73 Å². The molecule has 0 aliphatic heterocycles.